The van der Waals surface area contributed by atoms with Gasteiger partial charge in [0.1, 0.15) is 5.82 Å². The Morgan fingerprint density at radius 2 is 2.35 bits per heavy atom. The van der Waals surface area contributed by atoms with E-state index in [4.69, 9.17) is 5.73 Å². The zero-order valence-electron chi connectivity index (χ0n) is 11.6. The first kappa shape index (κ1) is 14.5. The molecule has 108 valence electrons. The van der Waals surface area contributed by atoms with E-state index in [2.05, 4.69) is 16.5 Å². The van der Waals surface area contributed by atoms with E-state index in [9.17, 15) is 10.1 Å². The lowest BCUT2D eigenvalue weighted by atomic mass is 9.86. The quantitative estimate of drug-likeness (QED) is 0.629. The van der Waals surface area contributed by atoms with E-state index in [1.165, 1.54) is 12.2 Å². The molecule has 2 unspecified atom stereocenters. The molecular weight excluding hydrogens is 256 g/mol. The second-order valence-corrected chi connectivity index (χ2v) is 5.22. The molecule has 0 aromatic carbocycles. The van der Waals surface area contributed by atoms with Gasteiger partial charge in [-0.15, -0.1) is 0 Å². The number of allylic oxidation sites excluding steroid dienone is 2. The van der Waals surface area contributed by atoms with Crippen LogP contribution in [-0.4, -0.2) is 20.9 Å². The molecule has 2 rings (SSSR count). The number of hydrogen-bond donors (Lipinski definition) is 2. The molecule has 1 fully saturated rings. The highest BCUT2D eigenvalue weighted by atomic mass is 16.6. The summed E-state index contributed by atoms with van der Waals surface area (Å²) in [6.07, 6.45) is 6.99. The van der Waals surface area contributed by atoms with Crippen LogP contribution in [-0.2, 0) is 0 Å². The third kappa shape index (κ3) is 3.14. The monoisotopic (exact) mass is 276 g/mol. The molecule has 1 saturated carbocycles. The third-order valence-corrected chi connectivity index (χ3v) is 3.72. The van der Waals surface area contributed by atoms with Crippen LogP contribution in [0.2, 0.25) is 0 Å². The van der Waals surface area contributed by atoms with Crippen molar-refractivity contribution in [1.29, 1.82) is 0 Å². The van der Waals surface area contributed by atoms with Gasteiger partial charge in [-0.05, 0) is 32.3 Å². The molecule has 0 saturated heterocycles. The molecule has 6 heteroatoms. The van der Waals surface area contributed by atoms with Gasteiger partial charge >= 0.3 is 0 Å². The SMILES string of the molecule is C=c1[nH]c(C2CCCC(N)C2)n/c1=C/C(=C\C)[N+](=O)[O-]. The van der Waals surface area contributed by atoms with Crippen LogP contribution < -0.4 is 16.4 Å². The lowest BCUT2D eigenvalue weighted by molar-refractivity contribution is -0.416. The van der Waals surface area contributed by atoms with Gasteiger partial charge < -0.3 is 10.7 Å². The standard InChI is InChI=1S/C14H20N4O2/c1-3-12(18(19)20)8-13-9(2)16-14(17-13)10-5-4-6-11(15)7-10/h3,8,10-11H,2,4-7,15H2,1H3,(H,16,17)/b12-3+,13-8+. The summed E-state index contributed by atoms with van der Waals surface area (Å²) in [4.78, 5) is 18.0. The zero-order chi connectivity index (χ0) is 14.7. The molecule has 1 aromatic rings. The summed E-state index contributed by atoms with van der Waals surface area (Å²) in [7, 11) is 0. The molecule has 3 N–H and O–H groups in total. The highest BCUT2D eigenvalue weighted by Crippen LogP contribution is 2.29. The highest BCUT2D eigenvalue weighted by Gasteiger charge is 2.22. The molecule has 0 radical (unpaired) electrons. The number of rotatable bonds is 3. The number of imidazole rings is 1. The van der Waals surface area contributed by atoms with Gasteiger partial charge in [0, 0.05) is 18.0 Å². The number of nitrogens with two attached hydrogens (primary N) is 1. The lowest BCUT2D eigenvalue weighted by Crippen LogP contribution is -2.27. The van der Waals surface area contributed by atoms with Crippen molar-refractivity contribution >= 4 is 12.7 Å². The maximum absolute atomic E-state index is 10.8. The first-order valence-electron chi connectivity index (χ1n) is 6.84. The number of nitrogens with one attached hydrogen (secondary N) is 1. The van der Waals surface area contributed by atoms with E-state index in [0.717, 1.165) is 31.5 Å². The first-order chi connectivity index (χ1) is 9.51. The topological polar surface area (TPSA) is 97.8 Å². The fraction of sp³-hybridized carbons (Fsp3) is 0.500. The van der Waals surface area contributed by atoms with Crippen molar-refractivity contribution in [3.8, 4) is 0 Å². The normalized spacial score (nSPS) is 24.9. The minimum atomic E-state index is -0.426. The smallest absolute Gasteiger partial charge is 0.267 e. The summed E-state index contributed by atoms with van der Waals surface area (Å²) in [5.41, 5.74) is 6.01. The molecule has 0 spiro atoms. The molecule has 1 heterocycles. The Labute approximate surface area is 117 Å². The van der Waals surface area contributed by atoms with Crippen LogP contribution in [0.1, 0.15) is 44.3 Å². The van der Waals surface area contributed by atoms with Gasteiger partial charge in [0.2, 0.25) is 0 Å². The number of nitrogens with zero attached hydrogens (tertiary/aromatic N) is 2. The number of H-pyrrole nitrogens is 1. The second-order valence-electron chi connectivity index (χ2n) is 5.22. The van der Waals surface area contributed by atoms with Crippen molar-refractivity contribution in [2.75, 3.05) is 0 Å². The summed E-state index contributed by atoms with van der Waals surface area (Å²) in [5.74, 6) is 1.14. The van der Waals surface area contributed by atoms with Gasteiger partial charge in [0.05, 0.1) is 15.6 Å². The van der Waals surface area contributed by atoms with Crippen molar-refractivity contribution in [3.63, 3.8) is 0 Å². The molecule has 0 amide bonds. The van der Waals surface area contributed by atoms with Gasteiger partial charge in [0.25, 0.3) is 5.70 Å². The average Bonchev–Trinajstić information content (AvgIpc) is 2.77. The van der Waals surface area contributed by atoms with Crippen LogP contribution in [0.3, 0.4) is 0 Å². The largest absolute Gasteiger partial charge is 0.342 e. The van der Waals surface area contributed by atoms with Gasteiger partial charge in [-0.1, -0.05) is 13.0 Å². The van der Waals surface area contributed by atoms with Crippen LogP contribution in [0.15, 0.2) is 11.8 Å². The zero-order valence-corrected chi connectivity index (χ0v) is 11.6. The van der Waals surface area contributed by atoms with E-state index in [0.29, 0.717) is 16.6 Å². The maximum Gasteiger partial charge on any atom is 0.267 e. The molecule has 0 bridgehead atoms. The molecule has 6 nitrogen and oxygen atoms in total. The Morgan fingerprint density at radius 1 is 1.60 bits per heavy atom. The van der Waals surface area contributed by atoms with Crippen LogP contribution in [0.5, 0.6) is 0 Å². The molecule has 20 heavy (non-hydrogen) atoms. The minimum absolute atomic E-state index is 0.0216. The minimum Gasteiger partial charge on any atom is -0.342 e. The van der Waals surface area contributed by atoms with E-state index in [-0.39, 0.29) is 11.7 Å². The Kier molecular flexibility index (Phi) is 4.34. The molecule has 0 aliphatic heterocycles. The van der Waals surface area contributed by atoms with Crippen LogP contribution >= 0.6 is 0 Å². The van der Waals surface area contributed by atoms with Gasteiger partial charge in [-0.25, -0.2) is 4.98 Å². The van der Waals surface area contributed by atoms with Crippen molar-refractivity contribution in [3.05, 3.63) is 38.4 Å². The summed E-state index contributed by atoms with van der Waals surface area (Å²) >= 11 is 0. The molecule has 1 aromatic heterocycles. The number of nitro groups is 1. The number of hydrogen-bond acceptors (Lipinski definition) is 4. The average molecular weight is 276 g/mol. The summed E-state index contributed by atoms with van der Waals surface area (Å²) in [6.45, 7) is 5.50. The first-order valence-corrected chi connectivity index (χ1v) is 6.84. The third-order valence-electron chi connectivity index (χ3n) is 3.72. The van der Waals surface area contributed by atoms with Crippen molar-refractivity contribution in [2.24, 2.45) is 5.73 Å². The molecular formula is C14H20N4O2. The summed E-state index contributed by atoms with van der Waals surface area (Å²) in [5, 5.41) is 12.0. The predicted octanol–water partition coefficient (Wildman–Crippen LogP) is 0.766. The van der Waals surface area contributed by atoms with E-state index in [1.807, 2.05) is 0 Å². The van der Waals surface area contributed by atoms with Gasteiger partial charge in [-0.3, -0.25) is 10.1 Å². The molecule has 1 aliphatic carbocycles. The van der Waals surface area contributed by atoms with Crippen molar-refractivity contribution in [1.82, 2.24) is 9.97 Å². The van der Waals surface area contributed by atoms with Crippen molar-refractivity contribution in [2.45, 2.75) is 44.6 Å². The van der Waals surface area contributed by atoms with E-state index >= 15 is 0 Å². The van der Waals surface area contributed by atoms with E-state index < -0.39 is 4.92 Å². The fourth-order valence-corrected chi connectivity index (χ4v) is 2.61. The number of aromatic amines is 1. The Hall–Kier alpha value is -1.95. The van der Waals surface area contributed by atoms with Crippen LogP contribution in [0.25, 0.3) is 12.7 Å². The Morgan fingerprint density at radius 3 is 2.95 bits per heavy atom. The van der Waals surface area contributed by atoms with Crippen LogP contribution in [0.4, 0.5) is 0 Å². The highest BCUT2D eigenvalue weighted by molar-refractivity contribution is 5.40. The maximum atomic E-state index is 10.8. The molecule has 2 atom stereocenters. The lowest BCUT2D eigenvalue weighted by Gasteiger charge is -2.24. The fourth-order valence-electron chi connectivity index (χ4n) is 2.61. The summed E-state index contributed by atoms with van der Waals surface area (Å²) in [6, 6.07) is 0.212. The number of aromatic nitrogens is 2. The van der Waals surface area contributed by atoms with Crippen LogP contribution in [0, 0.1) is 10.1 Å². The second kappa shape index (κ2) is 6.00. The predicted molar refractivity (Wildman–Crippen MR) is 77.8 cm³/mol. The van der Waals surface area contributed by atoms with Gasteiger partial charge in [0.15, 0.2) is 0 Å². The van der Waals surface area contributed by atoms with Gasteiger partial charge in [-0.2, -0.15) is 0 Å². The Bertz CT molecular complexity index is 632. The van der Waals surface area contributed by atoms with E-state index in [1.54, 1.807) is 6.92 Å². The molecule has 1 aliphatic rings. The summed E-state index contributed by atoms with van der Waals surface area (Å²) < 4.78 is 0. The van der Waals surface area contributed by atoms with Crippen molar-refractivity contribution < 1.29 is 4.92 Å². The Balaban J connectivity index is 2.32.